The maximum absolute atomic E-state index is 13.1. The van der Waals surface area contributed by atoms with E-state index in [0.29, 0.717) is 18.0 Å². The number of hydrogen-bond donors (Lipinski definition) is 0. The van der Waals surface area contributed by atoms with Crippen molar-refractivity contribution in [1.29, 1.82) is 0 Å². The molecule has 4 aromatic rings. The number of nitrogens with zero attached hydrogens (tertiary/aromatic N) is 3. The molecule has 0 amide bonds. The molecule has 0 fully saturated rings. The second kappa shape index (κ2) is 9.00. The van der Waals surface area contributed by atoms with Crippen LogP contribution in [0.3, 0.4) is 0 Å². The van der Waals surface area contributed by atoms with Gasteiger partial charge in [0, 0.05) is 11.9 Å². The van der Waals surface area contributed by atoms with Crippen LogP contribution >= 0.6 is 0 Å². The third-order valence-corrected chi connectivity index (χ3v) is 4.36. The van der Waals surface area contributed by atoms with Crippen molar-refractivity contribution in [2.75, 3.05) is 0 Å². The molecule has 30 heavy (non-hydrogen) atoms. The molecular weight excluding hydrogens is 385 g/mol. The number of halogens is 1. The van der Waals surface area contributed by atoms with Crippen LogP contribution in [0, 0.1) is 5.82 Å². The molecule has 0 atom stereocenters. The largest absolute Gasteiger partial charge is 0.487 e. The lowest BCUT2D eigenvalue weighted by molar-refractivity contribution is 0.0463. The quantitative estimate of drug-likeness (QED) is 0.430. The van der Waals surface area contributed by atoms with Crippen molar-refractivity contribution in [3.05, 3.63) is 108 Å². The second-order valence-electron chi connectivity index (χ2n) is 6.46. The summed E-state index contributed by atoms with van der Waals surface area (Å²) in [5.41, 5.74) is 2.54. The van der Waals surface area contributed by atoms with Gasteiger partial charge in [-0.15, -0.1) is 0 Å². The standard InChI is InChI=1S/C23H18FN3O3/c24-18-6-8-20(9-7-18)27-16-25-13-22(27)23(28)30-14-17-4-10-21(11-5-17)29-15-19-3-1-2-12-26-19/h1-13,16H,14-15H2. The summed E-state index contributed by atoms with van der Waals surface area (Å²) in [6, 6.07) is 18.7. The predicted octanol–water partition coefficient (Wildman–Crippen LogP) is 4.34. The molecule has 0 aliphatic carbocycles. The minimum absolute atomic E-state index is 0.105. The number of esters is 1. The van der Waals surface area contributed by atoms with E-state index >= 15 is 0 Å². The van der Waals surface area contributed by atoms with Gasteiger partial charge in [-0.1, -0.05) is 18.2 Å². The summed E-state index contributed by atoms with van der Waals surface area (Å²) in [5, 5.41) is 0. The number of carbonyl (C=O) groups is 1. The Morgan fingerprint density at radius 1 is 0.967 bits per heavy atom. The van der Waals surface area contributed by atoms with Gasteiger partial charge in [-0.3, -0.25) is 9.55 Å². The molecule has 2 aromatic carbocycles. The number of ether oxygens (including phenoxy) is 2. The topological polar surface area (TPSA) is 66.2 Å². The molecule has 0 bridgehead atoms. The number of pyridine rings is 1. The average Bonchev–Trinajstić information content (AvgIpc) is 3.28. The molecule has 150 valence electrons. The average molecular weight is 403 g/mol. The maximum atomic E-state index is 13.1. The molecule has 0 unspecified atom stereocenters. The van der Waals surface area contributed by atoms with E-state index in [2.05, 4.69) is 9.97 Å². The Hall–Kier alpha value is -4.00. The zero-order valence-electron chi connectivity index (χ0n) is 15.9. The summed E-state index contributed by atoms with van der Waals surface area (Å²) < 4.78 is 25.8. The Bertz CT molecular complexity index is 1110. The van der Waals surface area contributed by atoms with Gasteiger partial charge in [-0.05, 0) is 54.1 Å². The van der Waals surface area contributed by atoms with Crippen LogP contribution in [0.2, 0.25) is 0 Å². The van der Waals surface area contributed by atoms with E-state index in [9.17, 15) is 9.18 Å². The molecule has 0 spiro atoms. The predicted molar refractivity (Wildman–Crippen MR) is 108 cm³/mol. The Morgan fingerprint density at radius 3 is 2.50 bits per heavy atom. The highest BCUT2D eigenvalue weighted by Gasteiger charge is 2.15. The molecule has 6 nitrogen and oxygen atoms in total. The van der Waals surface area contributed by atoms with Crippen molar-refractivity contribution < 1.29 is 18.7 Å². The fraction of sp³-hybridized carbons (Fsp3) is 0.0870. The van der Waals surface area contributed by atoms with Gasteiger partial charge < -0.3 is 9.47 Å². The van der Waals surface area contributed by atoms with E-state index in [1.54, 1.807) is 22.9 Å². The summed E-state index contributed by atoms with van der Waals surface area (Å²) in [6.07, 6.45) is 4.62. The van der Waals surface area contributed by atoms with Crippen LogP contribution < -0.4 is 4.74 Å². The molecule has 0 radical (unpaired) electrons. The lowest BCUT2D eigenvalue weighted by Gasteiger charge is -2.09. The molecule has 2 heterocycles. The molecule has 0 saturated heterocycles. The fourth-order valence-corrected chi connectivity index (χ4v) is 2.80. The first kappa shape index (κ1) is 19.3. The van der Waals surface area contributed by atoms with Crippen LogP contribution in [0.25, 0.3) is 5.69 Å². The number of hydrogen-bond acceptors (Lipinski definition) is 5. The Balaban J connectivity index is 1.34. The number of carbonyl (C=O) groups excluding carboxylic acids is 1. The van der Waals surface area contributed by atoms with Gasteiger partial charge in [0.2, 0.25) is 0 Å². The summed E-state index contributed by atoms with van der Waals surface area (Å²) in [5.74, 6) is -0.173. The fourth-order valence-electron chi connectivity index (χ4n) is 2.80. The van der Waals surface area contributed by atoms with Crippen LogP contribution in [-0.2, 0) is 18.0 Å². The zero-order valence-corrected chi connectivity index (χ0v) is 15.9. The molecule has 0 N–H and O–H groups in total. The van der Waals surface area contributed by atoms with E-state index in [1.807, 2.05) is 42.5 Å². The number of imidazole rings is 1. The monoisotopic (exact) mass is 403 g/mol. The third kappa shape index (κ3) is 4.70. The first-order valence-corrected chi connectivity index (χ1v) is 9.26. The highest BCUT2D eigenvalue weighted by Crippen LogP contribution is 2.16. The molecule has 0 aliphatic rings. The summed E-state index contributed by atoms with van der Waals surface area (Å²) in [7, 11) is 0. The minimum atomic E-state index is -0.521. The number of benzene rings is 2. The van der Waals surface area contributed by atoms with E-state index < -0.39 is 5.97 Å². The van der Waals surface area contributed by atoms with Crippen molar-refractivity contribution in [3.8, 4) is 11.4 Å². The van der Waals surface area contributed by atoms with Gasteiger partial charge in [0.25, 0.3) is 0 Å². The Kier molecular flexibility index (Phi) is 5.80. The first-order chi connectivity index (χ1) is 14.7. The van der Waals surface area contributed by atoms with Gasteiger partial charge in [0.15, 0.2) is 5.69 Å². The Morgan fingerprint density at radius 2 is 1.77 bits per heavy atom. The summed E-state index contributed by atoms with van der Waals surface area (Å²) in [6.45, 7) is 0.483. The van der Waals surface area contributed by atoms with Crippen LogP contribution in [0.5, 0.6) is 5.75 Å². The van der Waals surface area contributed by atoms with Crippen molar-refractivity contribution in [2.45, 2.75) is 13.2 Å². The van der Waals surface area contributed by atoms with Gasteiger partial charge in [-0.2, -0.15) is 0 Å². The molecule has 4 rings (SSSR count). The lowest BCUT2D eigenvalue weighted by Crippen LogP contribution is -2.10. The minimum Gasteiger partial charge on any atom is -0.487 e. The SMILES string of the molecule is O=C(OCc1ccc(OCc2ccccn2)cc1)c1cncn1-c1ccc(F)cc1. The lowest BCUT2D eigenvalue weighted by atomic mass is 10.2. The number of rotatable bonds is 7. The second-order valence-corrected chi connectivity index (χ2v) is 6.46. The summed E-state index contributed by atoms with van der Waals surface area (Å²) in [4.78, 5) is 20.7. The maximum Gasteiger partial charge on any atom is 0.357 e. The molecule has 0 saturated carbocycles. The van der Waals surface area contributed by atoms with E-state index in [1.165, 1.54) is 24.7 Å². The van der Waals surface area contributed by atoms with Crippen LogP contribution in [0.15, 0.2) is 85.5 Å². The van der Waals surface area contributed by atoms with Crippen molar-refractivity contribution in [1.82, 2.24) is 14.5 Å². The van der Waals surface area contributed by atoms with Crippen molar-refractivity contribution in [2.24, 2.45) is 0 Å². The van der Waals surface area contributed by atoms with Gasteiger partial charge in [-0.25, -0.2) is 14.2 Å². The first-order valence-electron chi connectivity index (χ1n) is 9.26. The van der Waals surface area contributed by atoms with Crippen molar-refractivity contribution in [3.63, 3.8) is 0 Å². The molecule has 2 aromatic heterocycles. The van der Waals surface area contributed by atoms with Crippen LogP contribution in [-0.4, -0.2) is 20.5 Å². The zero-order chi connectivity index (χ0) is 20.8. The highest BCUT2D eigenvalue weighted by atomic mass is 19.1. The summed E-state index contributed by atoms with van der Waals surface area (Å²) >= 11 is 0. The smallest absolute Gasteiger partial charge is 0.357 e. The number of aromatic nitrogens is 3. The molecule has 0 aliphatic heterocycles. The van der Waals surface area contributed by atoms with E-state index in [-0.39, 0.29) is 18.1 Å². The van der Waals surface area contributed by atoms with Crippen LogP contribution in [0.4, 0.5) is 4.39 Å². The molecule has 7 heteroatoms. The van der Waals surface area contributed by atoms with Crippen molar-refractivity contribution >= 4 is 5.97 Å². The van der Waals surface area contributed by atoms with Gasteiger partial charge >= 0.3 is 5.97 Å². The highest BCUT2D eigenvalue weighted by molar-refractivity contribution is 5.88. The van der Waals surface area contributed by atoms with Crippen LogP contribution in [0.1, 0.15) is 21.7 Å². The van der Waals surface area contributed by atoms with Gasteiger partial charge in [0.1, 0.15) is 24.8 Å². The van der Waals surface area contributed by atoms with E-state index in [0.717, 1.165) is 11.3 Å². The molecular formula is C23H18FN3O3. The normalized spacial score (nSPS) is 10.6. The van der Waals surface area contributed by atoms with Gasteiger partial charge in [0.05, 0.1) is 18.2 Å². The van der Waals surface area contributed by atoms with E-state index in [4.69, 9.17) is 9.47 Å². The Labute approximate surface area is 172 Å². The third-order valence-electron chi connectivity index (χ3n) is 4.36.